The largest absolute Gasteiger partial charge is 0.368 e. The van der Waals surface area contributed by atoms with Gasteiger partial charge in [0.25, 0.3) is 0 Å². The van der Waals surface area contributed by atoms with Crippen LogP contribution in [0.2, 0.25) is 0 Å². The van der Waals surface area contributed by atoms with Gasteiger partial charge in [0.15, 0.2) is 0 Å². The van der Waals surface area contributed by atoms with Gasteiger partial charge in [-0.3, -0.25) is 9.69 Å². The Balaban J connectivity index is 1.75. The molecule has 4 rings (SSSR count). The topological polar surface area (TPSA) is 84.1 Å². The molecule has 29 heavy (non-hydrogen) atoms. The van der Waals surface area contributed by atoms with Crippen LogP contribution in [0, 0.1) is 19.7 Å². The highest BCUT2D eigenvalue weighted by atomic mass is 32.1. The summed E-state index contributed by atoms with van der Waals surface area (Å²) in [7, 11) is 0. The molecule has 8 heteroatoms. The summed E-state index contributed by atoms with van der Waals surface area (Å²) in [4.78, 5) is 26.1. The zero-order valence-corrected chi connectivity index (χ0v) is 17.4. The summed E-state index contributed by atoms with van der Waals surface area (Å²) < 4.78 is 13.3. The fraction of sp³-hybridized carbons (Fsp3) is 0.381. The lowest BCUT2D eigenvalue weighted by molar-refractivity contribution is -0.118. The van der Waals surface area contributed by atoms with Crippen molar-refractivity contribution in [1.82, 2.24) is 14.9 Å². The number of fused-ring (bicyclic) bond motifs is 1. The number of halogens is 1. The number of aryl methyl sites for hydroxylation is 2. The fourth-order valence-electron chi connectivity index (χ4n) is 3.72. The Morgan fingerprint density at radius 3 is 2.59 bits per heavy atom. The monoisotopic (exact) mass is 413 g/mol. The highest BCUT2D eigenvalue weighted by Gasteiger charge is 2.23. The Hall–Kier alpha value is -2.58. The van der Waals surface area contributed by atoms with Crippen LogP contribution in [0.3, 0.4) is 0 Å². The van der Waals surface area contributed by atoms with E-state index >= 15 is 0 Å². The van der Waals surface area contributed by atoms with Crippen molar-refractivity contribution in [2.24, 2.45) is 5.73 Å². The Kier molecular flexibility index (Phi) is 5.47. The van der Waals surface area contributed by atoms with E-state index in [-0.39, 0.29) is 5.82 Å². The van der Waals surface area contributed by atoms with Crippen molar-refractivity contribution >= 4 is 33.3 Å². The molecule has 0 saturated carbocycles. The molecule has 152 valence electrons. The summed E-state index contributed by atoms with van der Waals surface area (Å²) in [5, 5.41) is 4.13. The molecule has 1 unspecified atom stereocenters. The van der Waals surface area contributed by atoms with Crippen molar-refractivity contribution in [1.29, 1.82) is 0 Å². The number of amides is 1. The molecule has 1 amide bonds. The first-order chi connectivity index (χ1) is 13.9. The van der Waals surface area contributed by atoms with Crippen LogP contribution in [0.5, 0.6) is 0 Å². The van der Waals surface area contributed by atoms with E-state index in [0.29, 0.717) is 17.9 Å². The maximum atomic E-state index is 13.3. The first-order valence-electron chi connectivity index (χ1n) is 9.72. The molecular weight excluding hydrogens is 389 g/mol. The number of hydrogen-bond donors (Lipinski definition) is 2. The van der Waals surface area contributed by atoms with Gasteiger partial charge in [0.2, 0.25) is 5.91 Å². The number of nitrogens with zero attached hydrogens (tertiary/aromatic N) is 3. The van der Waals surface area contributed by atoms with E-state index < -0.39 is 11.9 Å². The number of nitrogens with one attached hydrogen (secondary N) is 1. The molecule has 1 aromatic carbocycles. The maximum absolute atomic E-state index is 13.3. The van der Waals surface area contributed by atoms with Crippen molar-refractivity contribution in [3.8, 4) is 0 Å². The van der Waals surface area contributed by atoms with Crippen LogP contribution < -0.4 is 11.1 Å². The first-order valence-corrected chi connectivity index (χ1v) is 10.5. The number of primary amides is 1. The Morgan fingerprint density at radius 1 is 1.24 bits per heavy atom. The molecular formula is C21H24FN5OS. The second-order valence-electron chi connectivity index (χ2n) is 7.47. The molecule has 3 heterocycles. The molecule has 0 radical (unpaired) electrons. The minimum Gasteiger partial charge on any atom is -0.368 e. The third-order valence-corrected chi connectivity index (χ3v) is 6.51. The summed E-state index contributed by atoms with van der Waals surface area (Å²) in [5.41, 5.74) is 7.35. The van der Waals surface area contributed by atoms with Crippen LogP contribution in [0.1, 0.15) is 40.7 Å². The van der Waals surface area contributed by atoms with E-state index in [2.05, 4.69) is 17.1 Å². The Bertz CT molecular complexity index is 1040. The number of anilines is 1. The van der Waals surface area contributed by atoms with Crippen LogP contribution in [0.15, 0.2) is 24.3 Å². The molecule has 1 saturated heterocycles. The van der Waals surface area contributed by atoms with Gasteiger partial charge in [-0.2, -0.15) is 0 Å². The van der Waals surface area contributed by atoms with Crippen LogP contribution in [0.25, 0.3) is 10.2 Å². The van der Waals surface area contributed by atoms with Gasteiger partial charge < -0.3 is 11.1 Å². The van der Waals surface area contributed by atoms with Gasteiger partial charge in [-0.1, -0.05) is 12.1 Å². The molecule has 1 atom stereocenters. The maximum Gasteiger partial charge on any atom is 0.244 e. The quantitative estimate of drug-likeness (QED) is 0.644. The summed E-state index contributed by atoms with van der Waals surface area (Å²) >= 11 is 1.62. The molecule has 3 aromatic rings. The first kappa shape index (κ1) is 19.7. The summed E-state index contributed by atoms with van der Waals surface area (Å²) in [5.74, 6) is 0.414. The molecule has 0 aliphatic carbocycles. The van der Waals surface area contributed by atoms with E-state index in [1.165, 1.54) is 25.0 Å². The predicted octanol–water partition coefficient (Wildman–Crippen LogP) is 3.68. The van der Waals surface area contributed by atoms with Crippen molar-refractivity contribution in [3.05, 3.63) is 51.9 Å². The van der Waals surface area contributed by atoms with Gasteiger partial charge in [0.05, 0.1) is 11.9 Å². The van der Waals surface area contributed by atoms with E-state index in [1.54, 1.807) is 23.5 Å². The lowest BCUT2D eigenvalue weighted by Gasteiger charge is -2.19. The smallest absolute Gasteiger partial charge is 0.244 e. The van der Waals surface area contributed by atoms with Gasteiger partial charge >= 0.3 is 0 Å². The lowest BCUT2D eigenvalue weighted by atomic mass is 10.1. The van der Waals surface area contributed by atoms with Crippen molar-refractivity contribution in [3.63, 3.8) is 0 Å². The van der Waals surface area contributed by atoms with Gasteiger partial charge in [-0.05, 0) is 63.0 Å². The normalized spacial score (nSPS) is 15.7. The number of hydrogen-bond acceptors (Lipinski definition) is 6. The predicted molar refractivity (Wildman–Crippen MR) is 113 cm³/mol. The molecule has 2 aromatic heterocycles. The zero-order valence-electron chi connectivity index (χ0n) is 16.5. The summed E-state index contributed by atoms with van der Waals surface area (Å²) in [6.07, 6.45) is 2.39. The number of aromatic nitrogens is 2. The number of nitrogens with two attached hydrogens (primary N) is 1. The number of carbonyl (C=O) groups is 1. The van der Waals surface area contributed by atoms with E-state index in [9.17, 15) is 9.18 Å². The van der Waals surface area contributed by atoms with Crippen LogP contribution in [-0.2, 0) is 11.3 Å². The van der Waals surface area contributed by atoms with Gasteiger partial charge in [0.1, 0.15) is 28.3 Å². The Labute approximate surface area is 173 Å². The molecule has 0 spiro atoms. The second kappa shape index (κ2) is 8.04. The highest BCUT2D eigenvalue weighted by molar-refractivity contribution is 7.18. The molecule has 1 aliphatic rings. The molecule has 3 N–H and O–H groups in total. The van der Waals surface area contributed by atoms with Crippen molar-refractivity contribution in [2.75, 3.05) is 18.4 Å². The number of likely N-dealkylation sites (tertiary alicyclic amines) is 1. The van der Waals surface area contributed by atoms with Gasteiger partial charge in [-0.25, -0.2) is 14.4 Å². The van der Waals surface area contributed by atoms with E-state index in [1.807, 2.05) is 6.92 Å². The van der Waals surface area contributed by atoms with E-state index in [0.717, 1.165) is 39.6 Å². The minimum atomic E-state index is -0.812. The summed E-state index contributed by atoms with van der Waals surface area (Å²) in [6.45, 7) is 6.86. The second-order valence-corrected chi connectivity index (χ2v) is 8.67. The number of rotatable bonds is 6. The molecule has 0 bridgehead atoms. The molecule has 6 nitrogen and oxygen atoms in total. The SMILES string of the molecule is Cc1sc2nc(CN3CCCC3)nc(NC(C(N)=O)c3ccc(F)cc3)c2c1C. The third kappa shape index (κ3) is 4.09. The number of thiophene rings is 1. The lowest BCUT2D eigenvalue weighted by Crippen LogP contribution is -2.28. The minimum absolute atomic E-state index is 0.362. The fourth-order valence-corrected chi connectivity index (χ4v) is 4.77. The number of benzene rings is 1. The van der Waals surface area contributed by atoms with Crippen molar-refractivity contribution in [2.45, 2.75) is 39.3 Å². The standard InChI is InChI=1S/C21H24FN5OS/c1-12-13(2)29-21-17(12)20(24-16(25-21)11-27-9-3-4-10-27)26-18(19(23)28)14-5-7-15(22)8-6-14/h5-8,18H,3-4,9-11H2,1-2H3,(H2,23,28)(H,24,25,26). The number of carbonyl (C=O) groups excluding carboxylic acids is 1. The van der Waals surface area contributed by atoms with Gasteiger partial charge in [-0.15, -0.1) is 11.3 Å². The molecule has 1 fully saturated rings. The third-order valence-electron chi connectivity index (χ3n) is 5.41. The van der Waals surface area contributed by atoms with Crippen molar-refractivity contribution < 1.29 is 9.18 Å². The van der Waals surface area contributed by atoms with Crippen LogP contribution in [-0.4, -0.2) is 33.9 Å². The van der Waals surface area contributed by atoms with E-state index in [4.69, 9.17) is 15.7 Å². The highest BCUT2D eigenvalue weighted by Crippen LogP contribution is 2.35. The van der Waals surface area contributed by atoms with Crippen LogP contribution >= 0.6 is 11.3 Å². The average Bonchev–Trinajstić information content (AvgIpc) is 3.28. The summed E-state index contributed by atoms with van der Waals surface area (Å²) in [6, 6.07) is 4.95. The Morgan fingerprint density at radius 2 is 1.93 bits per heavy atom. The van der Waals surface area contributed by atoms with Crippen LogP contribution in [0.4, 0.5) is 10.2 Å². The zero-order chi connectivity index (χ0) is 20.5. The average molecular weight is 414 g/mol. The van der Waals surface area contributed by atoms with Gasteiger partial charge in [0, 0.05) is 4.88 Å². The molecule has 1 aliphatic heterocycles.